The zero-order chi connectivity index (χ0) is 14.3. The van der Waals surface area contributed by atoms with E-state index in [2.05, 4.69) is 9.97 Å². The minimum absolute atomic E-state index is 0.277. The predicted octanol–water partition coefficient (Wildman–Crippen LogP) is 4.32. The van der Waals surface area contributed by atoms with E-state index in [1.807, 2.05) is 0 Å². The molecule has 0 fully saturated rings. The molecule has 3 nitrogen and oxygen atoms in total. The van der Waals surface area contributed by atoms with Crippen molar-refractivity contribution in [2.45, 2.75) is 0 Å². The first-order chi connectivity index (χ1) is 9.54. The molecule has 0 unspecified atom stereocenters. The third-order valence-corrected chi connectivity index (χ3v) is 3.36. The Bertz CT molecular complexity index is 804. The molecular weight excluding hydrogens is 300 g/mol. The highest BCUT2D eigenvalue weighted by molar-refractivity contribution is 6.38. The minimum Gasteiger partial charge on any atom is -0.383 e. The van der Waals surface area contributed by atoms with Crippen molar-refractivity contribution in [3.63, 3.8) is 0 Å². The molecule has 2 aromatic carbocycles. The second kappa shape index (κ2) is 4.89. The molecule has 3 aromatic rings. The summed E-state index contributed by atoms with van der Waals surface area (Å²) in [4.78, 5) is 8.58. The maximum atomic E-state index is 12.9. The van der Waals surface area contributed by atoms with Crippen LogP contribution in [0.15, 0.2) is 36.4 Å². The van der Waals surface area contributed by atoms with Crippen molar-refractivity contribution in [1.29, 1.82) is 0 Å². The molecule has 1 aromatic heterocycles. The average Bonchev–Trinajstić information content (AvgIpc) is 2.40. The lowest BCUT2D eigenvalue weighted by atomic mass is 10.2. The Hall–Kier alpha value is -1.91. The fourth-order valence-electron chi connectivity index (χ4n) is 1.91. The molecule has 100 valence electrons. The van der Waals surface area contributed by atoms with Gasteiger partial charge >= 0.3 is 0 Å². The van der Waals surface area contributed by atoms with Gasteiger partial charge in [-0.1, -0.05) is 23.2 Å². The summed E-state index contributed by atoms with van der Waals surface area (Å²) in [5, 5.41) is 1.45. The van der Waals surface area contributed by atoms with Crippen LogP contribution >= 0.6 is 23.2 Å². The normalized spacial score (nSPS) is 10.9. The Morgan fingerprint density at radius 2 is 1.70 bits per heavy atom. The van der Waals surface area contributed by atoms with E-state index >= 15 is 0 Å². The first kappa shape index (κ1) is 13.1. The summed E-state index contributed by atoms with van der Waals surface area (Å²) in [5.74, 6) is 0.338. The Labute approximate surface area is 124 Å². The van der Waals surface area contributed by atoms with E-state index in [1.165, 1.54) is 12.1 Å². The summed E-state index contributed by atoms with van der Waals surface area (Å²) in [6.07, 6.45) is 0. The number of nitrogen functional groups attached to an aromatic ring is 1. The maximum absolute atomic E-state index is 12.9. The number of fused-ring (bicyclic) bond motifs is 1. The van der Waals surface area contributed by atoms with Gasteiger partial charge in [0.1, 0.15) is 11.6 Å². The smallest absolute Gasteiger partial charge is 0.162 e. The SMILES string of the molecule is Nc1nc(-c2ccc(F)cc2)nc2c(Cl)cc(Cl)cc12. The van der Waals surface area contributed by atoms with E-state index in [1.54, 1.807) is 24.3 Å². The van der Waals surface area contributed by atoms with Crippen LogP contribution in [0.25, 0.3) is 22.3 Å². The number of benzene rings is 2. The molecule has 2 N–H and O–H groups in total. The van der Waals surface area contributed by atoms with Gasteiger partial charge in [-0.15, -0.1) is 0 Å². The van der Waals surface area contributed by atoms with E-state index in [0.717, 1.165) is 0 Å². The Balaban J connectivity index is 2.26. The zero-order valence-corrected chi connectivity index (χ0v) is 11.6. The molecule has 0 bridgehead atoms. The van der Waals surface area contributed by atoms with Crippen molar-refractivity contribution in [3.05, 3.63) is 52.3 Å². The number of nitrogens with zero attached hydrogens (tertiary/aromatic N) is 2. The van der Waals surface area contributed by atoms with Crippen molar-refractivity contribution in [2.24, 2.45) is 0 Å². The standard InChI is InChI=1S/C14H8Cl2FN3/c15-8-5-10-12(11(16)6-8)19-14(20-13(10)18)7-1-3-9(17)4-2-7/h1-6H,(H2,18,19,20). The molecule has 0 aliphatic rings. The molecular formula is C14H8Cl2FN3. The van der Waals surface area contributed by atoms with Crippen molar-refractivity contribution in [1.82, 2.24) is 9.97 Å². The molecule has 0 aliphatic carbocycles. The summed E-state index contributed by atoms with van der Waals surface area (Å²) < 4.78 is 12.9. The highest BCUT2D eigenvalue weighted by Gasteiger charge is 2.11. The van der Waals surface area contributed by atoms with Crippen LogP contribution in [-0.4, -0.2) is 9.97 Å². The zero-order valence-electron chi connectivity index (χ0n) is 10.1. The molecule has 0 saturated heterocycles. The first-order valence-electron chi connectivity index (χ1n) is 5.73. The molecule has 0 atom stereocenters. The summed E-state index contributed by atoms with van der Waals surface area (Å²) in [7, 11) is 0. The minimum atomic E-state index is -0.327. The number of anilines is 1. The van der Waals surface area contributed by atoms with E-state index < -0.39 is 0 Å². The molecule has 0 aliphatic heterocycles. The molecule has 1 heterocycles. The molecule has 0 saturated carbocycles. The van der Waals surface area contributed by atoms with Gasteiger partial charge in [0.05, 0.1) is 10.5 Å². The molecule has 6 heteroatoms. The van der Waals surface area contributed by atoms with E-state index in [-0.39, 0.29) is 11.6 Å². The Morgan fingerprint density at radius 1 is 1.00 bits per heavy atom. The molecule has 3 rings (SSSR count). The third-order valence-electron chi connectivity index (χ3n) is 2.85. The van der Waals surface area contributed by atoms with Crippen LogP contribution in [0.1, 0.15) is 0 Å². The number of rotatable bonds is 1. The molecule has 0 radical (unpaired) electrons. The van der Waals surface area contributed by atoms with Crippen LogP contribution in [0, 0.1) is 5.82 Å². The lowest BCUT2D eigenvalue weighted by Gasteiger charge is -2.07. The highest BCUT2D eigenvalue weighted by atomic mass is 35.5. The summed E-state index contributed by atoms with van der Waals surface area (Å²) in [5.41, 5.74) is 7.09. The first-order valence-corrected chi connectivity index (χ1v) is 6.48. The lowest BCUT2D eigenvalue weighted by Crippen LogP contribution is -1.98. The van der Waals surface area contributed by atoms with Gasteiger partial charge < -0.3 is 5.73 Å². The topological polar surface area (TPSA) is 51.8 Å². The second-order valence-corrected chi connectivity index (χ2v) is 5.07. The summed E-state index contributed by atoms with van der Waals surface area (Å²) in [6.45, 7) is 0. The van der Waals surface area contributed by atoms with Crippen LogP contribution in [-0.2, 0) is 0 Å². The van der Waals surface area contributed by atoms with Gasteiger partial charge in [-0.25, -0.2) is 14.4 Å². The van der Waals surface area contributed by atoms with Crippen LogP contribution < -0.4 is 5.73 Å². The van der Waals surface area contributed by atoms with Crippen molar-refractivity contribution >= 4 is 39.9 Å². The van der Waals surface area contributed by atoms with Crippen LogP contribution in [0.3, 0.4) is 0 Å². The fourth-order valence-corrected chi connectivity index (χ4v) is 2.44. The Morgan fingerprint density at radius 3 is 2.40 bits per heavy atom. The number of nitrogens with two attached hydrogens (primary N) is 1. The van der Waals surface area contributed by atoms with Crippen LogP contribution in [0.4, 0.5) is 10.2 Å². The van der Waals surface area contributed by atoms with Crippen molar-refractivity contribution in [2.75, 3.05) is 5.73 Å². The van der Waals surface area contributed by atoms with Gasteiger partial charge in [0.25, 0.3) is 0 Å². The van der Waals surface area contributed by atoms with Crippen LogP contribution in [0.5, 0.6) is 0 Å². The van der Waals surface area contributed by atoms with Gasteiger partial charge in [-0.3, -0.25) is 0 Å². The monoisotopic (exact) mass is 307 g/mol. The Kier molecular flexibility index (Phi) is 3.20. The van der Waals surface area contributed by atoms with Crippen molar-refractivity contribution < 1.29 is 4.39 Å². The fraction of sp³-hybridized carbons (Fsp3) is 0. The van der Waals surface area contributed by atoms with E-state index in [0.29, 0.717) is 32.3 Å². The van der Waals surface area contributed by atoms with Gasteiger partial charge in [0, 0.05) is 16.0 Å². The van der Waals surface area contributed by atoms with Gasteiger partial charge in [0.2, 0.25) is 0 Å². The summed E-state index contributed by atoms with van der Waals surface area (Å²) in [6, 6.07) is 9.09. The second-order valence-electron chi connectivity index (χ2n) is 4.22. The van der Waals surface area contributed by atoms with Gasteiger partial charge in [-0.2, -0.15) is 0 Å². The molecule has 0 amide bonds. The lowest BCUT2D eigenvalue weighted by molar-refractivity contribution is 0.628. The third kappa shape index (κ3) is 2.28. The predicted molar refractivity (Wildman–Crippen MR) is 79.4 cm³/mol. The number of halogens is 3. The quantitative estimate of drug-likeness (QED) is 0.728. The van der Waals surface area contributed by atoms with Gasteiger partial charge in [0.15, 0.2) is 5.82 Å². The van der Waals surface area contributed by atoms with Gasteiger partial charge in [-0.05, 0) is 36.4 Å². The maximum Gasteiger partial charge on any atom is 0.162 e. The molecule has 20 heavy (non-hydrogen) atoms. The number of hydrogen-bond acceptors (Lipinski definition) is 3. The van der Waals surface area contributed by atoms with E-state index in [4.69, 9.17) is 28.9 Å². The molecule has 0 spiro atoms. The number of hydrogen-bond donors (Lipinski definition) is 1. The van der Waals surface area contributed by atoms with Crippen LogP contribution in [0.2, 0.25) is 10.0 Å². The summed E-state index contributed by atoms with van der Waals surface area (Å²) >= 11 is 12.1. The van der Waals surface area contributed by atoms with Crippen molar-refractivity contribution in [3.8, 4) is 11.4 Å². The number of aromatic nitrogens is 2. The van der Waals surface area contributed by atoms with E-state index in [9.17, 15) is 4.39 Å². The largest absolute Gasteiger partial charge is 0.383 e. The highest BCUT2D eigenvalue weighted by Crippen LogP contribution is 2.31. The average molecular weight is 308 g/mol.